The lowest BCUT2D eigenvalue weighted by Crippen LogP contribution is -3.08. The highest BCUT2D eigenvalue weighted by molar-refractivity contribution is 5.93. The number of methoxy groups -OCH3 is 1. The Kier molecular flexibility index (Phi) is 6.03. The van der Waals surface area contributed by atoms with Gasteiger partial charge < -0.3 is 15.0 Å². The van der Waals surface area contributed by atoms with Crippen molar-refractivity contribution in [1.82, 2.24) is 0 Å². The summed E-state index contributed by atoms with van der Waals surface area (Å²) in [6.07, 6.45) is 0. The molecular weight excluding hydrogens is 311 g/mol. The molecule has 2 aromatic carbocycles. The Balaban J connectivity index is 1.88. The van der Waals surface area contributed by atoms with E-state index >= 15 is 0 Å². The van der Waals surface area contributed by atoms with Crippen LogP contribution < -0.4 is 10.2 Å². The minimum Gasteiger partial charge on any atom is -0.465 e. The lowest BCUT2D eigenvalue weighted by atomic mass is 10.2. The van der Waals surface area contributed by atoms with E-state index in [9.17, 15) is 14.0 Å². The summed E-state index contributed by atoms with van der Waals surface area (Å²) in [5, 5.41) is 2.75. The zero-order valence-corrected chi connectivity index (χ0v) is 13.6. The van der Waals surface area contributed by atoms with Gasteiger partial charge in [0.2, 0.25) is 0 Å². The average Bonchev–Trinajstić information content (AvgIpc) is 2.56. The van der Waals surface area contributed by atoms with Gasteiger partial charge in [0.1, 0.15) is 12.4 Å². The van der Waals surface area contributed by atoms with Crippen LogP contribution in [-0.2, 0) is 16.1 Å². The topological polar surface area (TPSA) is 59.8 Å². The van der Waals surface area contributed by atoms with Crippen LogP contribution >= 0.6 is 0 Å². The highest BCUT2D eigenvalue weighted by atomic mass is 19.1. The Labute approximate surface area is 140 Å². The zero-order chi connectivity index (χ0) is 17.5. The quantitative estimate of drug-likeness (QED) is 0.784. The van der Waals surface area contributed by atoms with Crippen LogP contribution in [-0.4, -0.2) is 32.6 Å². The number of carbonyl (C=O) groups excluding carboxylic acids is 2. The molecule has 0 aromatic heterocycles. The number of amides is 1. The van der Waals surface area contributed by atoms with E-state index in [1.54, 1.807) is 42.5 Å². The third kappa shape index (κ3) is 4.89. The number of rotatable bonds is 6. The first-order valence-corrected chi connectivity index (χ1v) is 7.52. The van der Waals surface area contributed by atoms with Gasteiger partial charge in [-0.15, -0.1) is 0 Å². The molecule has 0 heterocycles. The molecule has 126 valence electrons. The third-order valence-electron chi connectivity index (χ3n) is 3.50. The van der Waals surface area contributed by atoms with Gasteiger partial charge in [-0.25, -0.2) is 9.18 Å². The van der Waals surface area contributed by atoms with Crippen molar-refractivity contribution in [2.24, 2.45) is 0 Å². The molecule has 1 atom stereocenters. The summed E-state index contributed by atoms with van der Waals surface area (Å²) in [7, 11) is 3.14. The van der Waals surface area contributed by atoms with Gasteiger partial charge in [-0.05, 0) is 30.3 Å². The Morgan fingerprint density at radius 3 is 2.42 bits per heavy atom. The van der Waals surface area contributed by atoms with E-state index in [0.717, 1.165) is 4.90 Å². The summed E-state index contributed by atoms with van der Waals surface area (Å²) in [6.45, 7) is 0.620. The number of carbonyl (C=O) groups is 2. The molecule has 0 aliphatic heterocycles. The van der Waals surface area contributed by atoms with Crippen molar-refractivity contribution in [3.05, 3.63) is 65.5 Å². The summed E-state index contributed by atoms with van der Waals surface area (Å²) in [5.41, 5.74) is 1.58. The first-order valence-electron chi connectivity index (χ1n) is 7.52. The number of likely N-dealkylation sites (N-methyl/N-ethyl adjacent to an activating group) is 1. The number of anilines is 1. The second kappa shape index (κ2) is 8.21. The molecule has 24 heavy (non-hydrogen) atoms. The van der Waals surface area contributed by atoms with Gasteiger partial charge in [0.15, 0.2) is 6.54 Å². The predicted octanol–water partition coefficient (Wildman–Crippen LogP) is 1.27. The van der Waals surface area contributed by atoms with Gasteiger partial charge in [-0.1, -0.05) is 18.2 Å². The number of benzene rings is 2. The zero-order valence-electron chi connectivity index (χ0n) is 13.6. The van der Waals surface area contributed by atoms with Gasteiger partial charge in [0.25, 0.3) is 5.91 Å². The summed E-state index contributed by atoms with van der Waals surface area (Å²) in [5.74, 6) is -0.882. The van der Waals surface area contributed by atoms with Crippen LogP contribution in [0.15, 0.2) is 48.5 Å². The van der Waals surface area contributed by atoms with E-state index < -0.39 is 5.97 Å². The maximum atomic E-state index is 13.6. The van der Waals surface area contributed by atoms with E-state index in [-0.39, 0.29) is 18.3 Å². The smallest absolute Gasteiger partial charge is 0.337 e. The lowest BCUT2D eigenvalue weighted by Gasteiger charge is -2.14. The first-order chi connectivity index (χ1) is 11.5. The van der Waals surface area contributed by atoms with Crippen LogP contribution in [0.2, 0.25) is 0 Å². The Hall–Kier alpha value is -2.73. The van der Waals surface area contributed by atoms with Crippen LogP contribution in [0.1, 0.15) is 15.9 Å². The first kappa shape index (κ1) is 17.6. The molecule has 0 aliphatic rings. The molecule has 1 unspecified atom stereocenters. The molecule has 2 N–H and O–H groups in total. The molecule has 2 rings (SSSR count). The molecule has 1 amide bonds. The number of halogens is 1. The number of hydrogen-bond acceptors (Lipinski definition) is 3. The Morgan fingerprint density at radius 1 is 1.12 bits per heavy atom. The van der Waals surface area contributed by atoms with Crippen molar-refractivity contribution in [2.45, 2.75) is 6.54 Å². The van der Waals surface area contributed by atoms with E-state index in [1.165, 1.54) is 13.2 Å². The maximum Gasteiger partial charge on any atom is 0.337 e. The average molecular weight is 331 g/mol. The number of ether oxygens (including phenoxy) is 1. The summed E-state index contributed by atoms with van der Waals surface area (Å²) < 4.78 is 18.2. The fourth-order valence-electron chi connectivity index (χ4n) is 2.32. The number of esters is 1. The molecule has 0 aliphatic carbocycles. The normalized spacial score (nSPS) is 11.6. The van der Waals surface area contributed by atoms with E-state index in [0.29, 0.717) is 23.4 Å². The fourth-order valence-corrected chi connectivity index (χ4v) is 2.32. The Bertz CT molecular complexity index is 716. The molecule has 5 nitrogen and oxygen atoms in total. The molecule has 2 aromatic rings. The molecule has 0 saturated carbocycles. The summed E-state index contributed by atoms with van der Waals surface area (Å²) in [4.78, 5) is 24.3. The number of nitrogens with one attached hydrogen (secondary N) is 2. The SMILES string of the molecule is COC(=O)c1ccc(NC(=O)C[NH+](C)Cc2ccccc2F)cc1. The minimum absolute atomic E-state index is 0.186. The highest BCUT2D eigenvalue weighted by Crippen LogP contribution is 2.10. The van der Waals surface area contributed by atoms with Crippen LogP contribution in [0.3, 0.4) is 0 Å². The van der Waals surface area contributed by atoms with Crippen molar-refractivity contribution < 1.29 is 23.6 Å². The van der Waals surface area contributed by atoms with Crippen LogP contribution in [0.4, 0.5) is 10.1 Å². The molecule has 0 radical (unpaired) electrons. The third-order valence-corrected chi connectivity index (χ3v) is 3.50. The van der Waals surface area contributed by atoms with Crippen LogP contribution in [0, 0.1) is 5.82 Å². The van der Waals surface area contributed by atoms with Crippen LogP contribution in [0.5, 0.6) is 0 Å². The second-order valence-corrected chi connectivity index (χ2v) is 5.52. The number of hydrogen-bond donors (Lipinski definition) is 2. The minimum atomic E-state index is -0.429. The van der Waals surface area contributed by atoms with Crippen molar-refractivity contribution in [3.63, 3.8) is 0 Å². The Morgan fingerprint density at radius 2 is 1.79 bits per heavy atom. The van der Waals surface area contributed by atoms with Crippen molar-refractivity contribution in [2.75, 3.05) is 26.0 Å². The summed E-state index contributed by atoms with van der Waals surface area (Å²) in [6, 6.07) is 13.0. The summed E-state index contributed by atoms with van der Waals surface area (Å²) >= 11 is 0. The van der Waals surface area contributed by atoms with Crippen molar-refractivity contribution in [1.29, 1.82) is 0 Å². The van der Waals surface area contributed by atoms with Gasteiger partial charge >= 0.3 is 5.97 Å². The maximum absolute atomic E-state index is 13.6. The van der Waals surface area contributed by atoms with Crippen molar-refractivity contribution in [3.8, 4) is 0 Å². The monoisotopic (exact) mass is 331 g/mol. The van der Waals surface area contributed by atoms with E-state index in [1.807, 2.05) is 7.05 Å². The molecule has 0 saturated heterocycles. The molecule has 6 heteroatoms. The van der Waals surface area contributed by atoms with Gasteiger partial charge in [-0.2, -0.15) is 0 Å². The fraction of sp³-hybridized carbons (Fsp3) is 0.222. The highest BCUT2D eigenvalue weighted by Gasteiger charge is 2.13. The molecule has 0 spiro atoms. The molecule has 0 fully saturated rings. The lowest BCUT2D eigenvalue weighted by molar-refractivity contribution is -0.885. The van der Waals surface area contributed by atoms with Gasteiger partial charge in [0.05, 0.1) is 19.7 Å². The second-order valence-electron chi connectivity index (χ2n) is 5.52. The molecular formula is C18H20FN2O3+. The number of quaternary nitrogens is 1. The largest absolute Gasteiger partial charge is 0.465 e. The van der Waals surface area contributed by atoms with Crippen molar-refractivity contribution >= 4 is 17.6 Å². The van der Waals surface area contributed by atoms with Gasteiger partial charge in [-0.3, -0.25) is 4.79 Å². The standard InChI is InChI=1S/C18H19FN2O3/c1-21(11-14-5-3-4-6-16(14)19)12-17(22)20-15-9-7-13(8-10-15)18(23)24-2/h3-10H,11-12H2,1-2H3,(H,20,22)/p+1. The van der Waals surface area contributed by atoms with E-state index in [4.69, 9.17) is 0 Å². The van der Waals surface area contributed by atoms with Crippen LogP contribution in [0.25, 0.3) is 0 Å². The molecule has 0 bridgehead atoms. The predicted molar refractivity (Wildman–Crippen MR) is 88.3 cm³/mol. The van der Waals surface area contributed by atoms with E-state index in [2.05, 4.69) is 10.1 Å². The van der Waals surface area contributed by atoms with Gasteiger partial charge in [0, 0.05) is 11.3 Å².